The number of carbonyl (C=O) groups is 2. The van der Waals surface area contributed by atoms with Crippen LogP contribution in [0.2, 0.25) is 0 Å². The van der Waals surface area contributed by atoms with Crippen molar-refractivity contribution in [3.63, 3.8) is 0 Å². The van der Waals surface area contributed by atoms with E-state index in [2.05, 4.69) is 27.7 Å². The first-order valence-electron chi connectivity index (χ1n) is 13.6. The Balaban J connectivity index is 1.53. The van der Waals surface area contributed by atoms with Gasteiger partial charge < -0.3 is 24.8 Å². The molecule has 7 heteroatoms. The molecular weight excluding hydrogens is 448 g/mol. The van der Waals surface area contributed by atoms with E-state index in [9.17, 15) is 24.9 Å². The Kier molecular flexibility index (Phi) is 11.7. The first-order chi connectivity index (χ1) is 16.5. The zero-order chi connectivity index (χ0) is 26.2. The molecular formula is C28H48O7. The molecule has 35 heavy (non-hydrogen) atoms. The van der Waals surface area contributed by atoms with E-state index in [0.29, 0.717) is 5.92 Å². The lowest BCUT2D eigenvalue weighted by Gasteiger charge is -2.23. The fourth-order valence-electron chi connectivity index (χ4n) is 5.11. The summed E-state index contributed by atoms with van der Waals surface area (Å²) in [6.45, 7) is 10.9. The largest absolute Gasteiger partial charge is 0.463 e. The second-order valence-corrected chi connectivity index (χ2v) is 11.5. The molecule has 0 aromatic carbocycles. The maximum atomic E-state index is 12.0. The number of hydrogen-bond donors (Lipinski definition) is 3. The zero-order valence-electron chi connectivity index (χ0n) is 22.4. The van der Waals surface area contributed by atoms with Crippen molar-refractivity contribution in [1.82, 2.24) is 0 Å². The van der Waals surface area contributed by atoms with Gasteiger partial charge in [0.1, 0.15) is 30.3 Å². The Morgan fingerprint density at radius 2 is 1.63 bits per heavy atom. The number of rotatable bonds is 17. The van der Waals surface area contributed by atoms with E-state index in [1.54, 1.807) is 0 Å². The maximum Gasteiger partial charge on any atom is 0.315 e. The standard InChI is InChI=1S/C28H48O7/c1-18(2)9-6-10-19(3)11-7-12-20(4)13-8-14-21(5)15-16-23(30)34-17-22(29)26-28(33)24(25(28)31)27(32)35-26/h15,18-20,22,24-26,29,31,33H,6-14,16-17H2,1-5H3. The van der Waals surface area contributed by atoms with Crippen molar-refractivity contribution < 1.29 is 34.4 Å². The van der Waals surface area contributed by atoms with Crippen LogP contribution in [0.25, 0.3) is 0 Å². The molecule has 7 unspecified atom stereocenters. The van der Waals surface area contributed by atoms with Gasteiger partial charge in [-0.05, 0) is 37.5 Å². The summed E-state index contributed by atoms with van der Waals surface area (Å²) in [5, 5.41) is 30.0. The number of aliphatic hydroxyl groups is 3. The summed E-state index contributed by atoms with van der Waals surface area (Å²) in [5.41, 5.74) is -0.640. The molecule has 7 atom stereocenters. The first-order valence-corrected chi connectivity index (χ1v) is 13.6. The number of ether oxygens (including phenoxy) is 2. The van der Waals surface area contributed by atoms with Gasteiger partial charge in [-0.2, -0.15) is 0 Å². The van der Waals surface area contributed by atoms with E-state index in [1.165, 1.54) is 44.9 Å². The molecule has 202 valence electrons. The van der Waals surface area contributed by atoms with Crippen LogP contribution in [0.3, 0.4) is 0 Å². The van der Waals surface area contributed by atoms with Crippen LogP contribution >= 0.6 is 0 Å². The summed E-state index contributed by atoms with van der Waals surface area (Å²) in [6, 6.07) is 0. The third kappa shape index (κ3) is 8.87. The molecule has 1 saturated heterocycles. The highest BCUT2D eigenvalue weighted by Gasteiger charge is 2.79. The molecule has 1 aliphatic heterocycles. The number of allylic oxidation sites excluding steroid dienone is 1. The highest BCUT2D eigenvalue weighted by atomic mass is 16.6. The lowest BCUT2D eigenvalue weighted by Crippen LogP contribution is -2.44. The fraction of sp³-hybridized carbons (Fsp3) is 0.857. The molecule has 7 nitrogen and oxygen atoms in total. The molecule has 0 amide bonds. The van der Waals surface area contributed by atoms with Gasteiger partial charge in [-0.3, -0.25) is 9.59 Å². The smallest absolute Gasteiger partial charge is 0.315 e. The summed E-state index contributed by atoms with van der Waals surface area (Å²) < 4.78 is 9.98. The van der Waals surface area contributed by atoms with Gasteiger partial charge in [0.2, 0.25) is 0 Å². The van der Waals surface area contributed by atoms with Crippen LogP contribution in [0.5, 0.6) is 0 Å². The normalized spacial score (nSPS) is 28.4. The Hall–Kier alpha value is -1.44. The molecule has 0 bridgehead atoms. The van der Waals surface area contributed by atoms with Gasteiger partial charge >= 0.3 is 11.9 Å². The average Bonchev–Trinajstić information content (AvgIpc) is 3.21. The Bertz CT molecular complexity index is 718. The molecule has 2 fully saturated rings. The third-order valence-corrected chi connectivity index (χ3v) is 7.65. The second kappa shape index (κ2) is 13.8. The van der Waals surface area contributed by atoms with E-state index in [4.69, 9.17) is 9.47 Å². The zero-order valence-corrected chi connectivity index (χ0v) is 22.4. The van der Waals surface area contributed by atoms with E-state index in [-0.39, 0.29) is 6.42 Å². The molecule has 0 spiro atoms. The number of esters is 2. The molecule has 1 saturated carbocycles. The minimum atomic E-state index is -1.78. The lowest BCUT2D eigenvalue weighted by atomic mass is 9.91. The molecule has 3 N–H and O–H groups in total. The quantitative estimate of drug-likeness (QED) is 0.203. The van der Waals surface area contributed by atoms with Crippen molar-refractivity contribution in [2.45, 2.75) is 123 Å². The summed E-state index contributed by atoms with van der Waals surface area (Å²) >= 11 is 0. The van der Waals surface area contributed by atoms with Crippen molar-refractivity contribution >= 4 is 11.9 Å². The summed E-state index contributed by atoms with van der Waals surface area (Å²) in [5.74, 6) is 0.0788. The van der Waals surface area contributed by atoms with Crippen molar-refractivity contribution in [1.29, 1.82) is 0 Å². The van der Waals surface area contributed by atoms with Gasteiger partial charge in [-0.15, -0.1) is 0 Å². The first kappa shape index (κ1) is 29.8. The lowest BCUT2D eigenvalue weighted by molar-refractivity contribution is -0.165. The monoisotopic (exact) mass is 496 g/mol. The summed E-state index contributed by atoms with van der Waals surface area (Å²) in [4.78, 5) is 23.6. The summed E-state index contributed by atoms with van der Waals surface area (Å²) in [7, 11) is 0. The van der Waals surface area contributed by atoms with Crippen LogP contribution in [0.4, 0.5) is 0 Å². The van der Waals surface area contributed by atoms with E-state index in [1.807, 2.05) is 13.0 Å². The van der Waals surface area contributed by atoms with Gasteiger partial charge in [-0.25, -0.2) is 0 Å². The predicted octanol–water partition coefficient (Wildman–Crippen LogP) is 4.31. The van der Waals surface area contributed by atoms with Gasteiger partial charge in [0.05, 0.1) is 6.42 Å². The second-order valence-electron chi connectivity index (χ2n) is 11.5. The number of cyclic esters (lactones) is 1. The van der Waals surface area contributed by atoms with E-state index < -0.39 is 48.4 Å². The summed E-state index contributed by atoms with van der Waals surface area (Å²) in [6.07, 6.45) is 9.17. The molecule has 2 rings (SSSR count). The Morgan fingerprint density at radius 3 is 2.17 bits per heavy atom. The average molecular weight is 497 g/mol. The van der Waals surface area contributed by atoms with Crippen LogP contribution in [0, 0.1) is 23.7 Å². The maximum absolute atomic E-state index is 12.0. The van der Waals surface area contributed by atoms with Crippen molar-refractivity contribution in [2.75, 3.05) is 6.61 Å². The highest BCUT2D eigenvalue weighted by Crippen LogP contribution is 2.54. The van der Waals surface area contributed by atoms with Crippen LogP contribution in [0.15, 0.2) is 11.6 Å². The highest BCUT2D eigenvalue weighted by molar-refractivity contribution is 5.83. The number of hydrogen-bond acceptors (Lipinski definition) is 7. The number of aliphatic hydroxyl groups excluding tert-OH is 2. The molecule has 0 aromatic rings. The molecule has 2 aliphatic rings. The van der Waals surface area contributed by atoms with Gasteiger partial charge in [-0.1, -0.05) is 84.3 Å². The molecule has 1 aliphatic carbocycles. The Labute approximate surface area is 211 Å². The van der Waals surface area contributed by atoms with Gasteiger partial charge in [0, 0.05) is 0 Å². The van der Waals surface area contributed by atoms with Crippen LogP contribution in [-0.4, -0.2) is 57.8 Å². The van der Waals surface area contributed by atoms with E-state index >= 15 is 0 Å². The number of fused-ring (bicyclic) bond motifs is 1. The Morgan fingerprint density at radius 1 is 1.06 bits per heavy atom. The third-order valence-electron chi connectivity index (χ3n) is 7.65. The fourth-order valence-corrected chi connectivity index (χ4v) is 5.11. The molecule has 1 heterocycles. The van der Waals surface area contributed by atoms with Gasteiger partial charge in [0.25, 0.3) is 0 Å². The van der Waals surface area contributed by atoms with Crippen molar-refractivity contribution in [3.05, 3.63) is 11.6 Å². The minimum absolute atomic E-state index is 0.1000. The van der Waals surface area contributed by atoms with Crippen LogP contribution in [0.1, 0.15) is 98.8 Å². The number of carbonyl (C=O) groups excluding carboxylic acids is 2. The SMILES string of the molecule is CC(=CCC(=O)OCC(O)C1OC(=O)C2C(O)C12O)CCCC(C)CCCC(C)CCCC(C)C. The van der Waals surface area contributed by atoms with Gasteiger partial charge in [0.15, 0.2) is 6.10 Å². The molecule has 0 radical (unpaired) electrons. The van der Waals surface area contributed by atoms with Crippen molar-refractivity contribution in [3.8, 4) is 0 Å². The van der Waals surface area contributed by atoms with Crippen LogP contribution in [-0.2, 0) is 19.1 Å². The topological polar surface area (TPSA) is 113 Å². The predicted molar refractivity (Wildman–Crippen MR) is 134 cm³/mol. The minimum Gasteiger partial charge on any atom is -0.463 e. The van der Waals surface area contributed by atoms with Crippen LogP contribution < -0.4 is 0 Å². The molecule has 0 aromatic heterocycles. The van der Waals surface area contributed by atoms with E-state index in [0.717, 1.165) is 30.3 Å². The van der Waals surface area contributed by atoms with Crippen molar-refractivity contribution in [2.24, 2.45) is 23.7 Å².